The van der Waals surface area contributed by atoms with Gasteiger partial charge in [-0.15, -0.1) is 0 Å². The zero-order chi connectivity index (χ0) is 23.7. The van der Waals surface area contributed by atoms with Gasteiger partial charge in [-0.25, -0.2) is 12.7 Å². The summed E-state index contributed by atoms with van der Waals surface area (Å²) in [6, 6.07) is 16.9. The summed E-state index contributed by atoms with van der Waals surface area (Å²) >= 11 is 0. The van der Waals surface area contributed by atoms with E-state index in [2.05, 4.69) is 5.32 Å². The highest BCUT2D eigenvalue weighted by Gasteiger charge is 2.32. The number of nitrogens with one attached hydrogen (secondary N) is 1. The third-order valence-corrected chi connectivity index (χ3v) is 7.73. The number of nitrogens with zero attached hydrogens (tertiary/aromatic N) is 1. The van der Waals surface area contributed by atoms with Gasteiger partial charge in [-0.05, 0) is 62.4 Å². The second-order valence-electron chi connectivity index (χ2n) is 8.50. The number of amides is 1. The molecule has 1 aliphatic heterocycles. The molecular formula is C25H34N2O5S. The molecule has 0 spiro atoms. The number of aryl methyl sites for hydroxylation is 1. The average molecular weight is 475 g/mol. The summed E-state index contributed by atoms with van der Waals surface area (Å²) in [6.07, 6.45) is 2.67. The van der Waals surface area contributed by atoms with Crippen LogP contribution in [0.2, 0.25) is 0 Å². The zero-order valence-electron chi connectivity index (χ0n) is 19.4. The molecule has 2 atom stereocenters. The fourth-order valence-electron chi connectivity index (χ4n) is 3.94. The molecule has 33 heavy (non-hydrogen) atoms. The van der Waals surface area contributed by atoms with Gasteiger partial charge < -0.3 is 14.8 Å². The number of benzene rings is 2. The van der Waals surface area contributed by atoms with E-state index in [-0.39, 0.29) is 30.2 Å². The zero-order valence-corrected chi connectivity index (χ0v) is 20.2. The molecule has 1 amide bonds. The largest absolute Gasteiger partial charge is 0.497 e. The molecule has 1 fully saturated rings. The first-order valence-electron chi connectivity index (χ1n) is 11.5. The average Bonchev–Trinajstić information content (AvgIpc) is 2.83. The van der Waals surface area contributed by atoms with Crippen molar-refractivity contribution in [1.29, 1.82) is 0 Å². The summed E-state index contributed by atoms with van der Waals surface area (Å²) in [4.78, 5) is 12.8. The first kappa shape index (κ1) is 25.1. The van der Waals surface area contributed by atoms with Crippen LogP contribution < -0.4 is 14.8 Å². The number of carbonyl (C=O) groups excluding carboxylic acids is 1. The van der Waals surface area contributed by atoms with Gasteiger partial charge in [0.05, 0.1) is 24.8 Å². The van der Waals surface area contributed by atoms with Gasteiger partial charge in [0.25, 0.3) is 0 Å². The molecule has 1 N–H and O–H groups in total. The summed E-state index contributed by atoms with van der Waals surface area (Å²) in [5, 5.41) is 2.97. The van der Waals surface area contributed by atoms with Gasteiger partial charge >= 0.3 is 0 Å². The normalized spacial score (nSPS) is 17.8. The Labute approximate surface area is 197 Å². The van der Waals surface area contributed by atoms with Crippen LogP contribution in [0.1, 0.15) is 31.7 Å². The Bertz CT molecular complexity index is 980. The van der Waals surface area contributed by atoms with E-state index < -0.39 is 10.0 Å². The van der Waals surface area contributed by atoms with Crippen molar-refractivity contribution in [1.82, 2.24) is 9.62 Å². The third kappa shape index (κ3) is 7.75. The third-order valence-electron chi connectivity index (χ3n) is 5.81. The Morgan fingerprint density at radius 1 is 1.12 bits per heavy atom. The van der Waals surface area contributed by atoms with Crippen LogP contribution in [0.5, 0.6) is 11.5 Å². The summed E-state index contributed by atoms with van der Waals surface area (Å²) in [7, 11) is -1.78. The van der Waals surface area contributed by atoms with Crippen molar-refractivity contribution >= 4 is 15.9 Å². The van der Waals surface area contributed by atoms with E-state index in [9.17, 15) is 13.2 Å². The Hall–Kier alpha value is -2.58. The van der Waals surface area contributed by atoms with Gasteiger partial charge in [-0.3, -0.25) is 4.79 Å². The molecule has 1 heterocycles. The monoisotopic (exact) mass is 474 g/mol. The molecule has 0 radical (unpaired) electrons. The van der Waals surface area contributed by atoms with Crippen LogP contribution >= 0.6 is 0 Å². The van der Waals surface area contributed by atoms with E-state index in [1.54, 1.807) is 7.11 Å². The fourth-order valence-corrected chi connectivity index (χ4v) is 5.52. The molecule has 3 rings (SSSR count). The van der Waals surface area contributed by atoms with Crippen LogP contribution in [0.25, 0.3) is 0 Å². The maximum absolute atomic E-state index is 12.8. The minimum absolute atomic E-state index is 0.0995. The van der Waals surface area contributed by atoms with Crippen LogP contribution in [-0.4, -0.2) is 57.2 Å². The van der Waals surface area contributed by atoms with Gasteiger partial charge in [0.2, 0.25) is 15.9 Å². The van der Waals surface area contributed by atoms with E-state index in [0.29, 0.717) is 38.2 Å². The molecule has 0 bridgehead atoms. The molecule has 0 aliphatic carbocycles. The van der Waals surface area contributed by atoms with Crippen LogP contribution in [-0.2, 0) is 21.2 Å². The molecule has 1 aliphatic rings. The van der Waals surface area contributed by atoms with Crippen LogP contribution in [0, 0.1) is 5.92 Å². The number of rotatable bonds is 11. The molecular weight excluding hydrogens is 440 g/mol. The maximum Gasteiger partial charge on any atom is 0.224 e. The second kappa shape index (κ2) is 12.0. The topological polar surface area (TPSA) is 84.9 Å². The minimum atomic E-state index is -3.38. The van der Waals surface area contributed by atoms with Gasteiger partial charge in [0.1, 0.15) is 18.1 Å². The van der Waals surface area contributed by atoms with Crippen molar-refractivity contribution < 1.29 is 22.7 Å². The smallest absolute Gasteiger partial charge is 0.224 e. The Morgan fingerprint density at radius 2 is 1.82 bits per heavy atom. The Balaban J connectivity index is 1.44. The van der Waals surface area contributed by atoms with Gasteiger partial charge in [0, 0.05) is 13.1 Å². The molecule has 0 saturated carbocycles. The summed E-state index contributed by atoms with van der Waals surface area (Å²) in [5.74, 6) is 1.08. The van der Waals surface area contributed by atoms with Crippen LogP contribution in [0.3, 0.4) is 0 Å². The molecule has 180 valence electrons. The number of carbonyl (C=O) groups is 1. The van der Waals surface area contributed by atoms with E-state index in [1.807, 2.05) is 61.5 Å². The number of methoxy groups -OCH3 is 1. The molecule has 0 aromatic heterocycles. The predicted molar refractivity (Wildman–Crippen MR) is 129 cm³/mol. The number of ether oxygens (including phenoxy) is 2. The van der Waals surface area contributed by atoms with E-state index in [0.717, 1.165) is 17.7 Å². The molecule has 2 aromatic rings. The highest BCUT2D eigenvalue weighted by molar-refractivity contribution is 7.89. The summed E-state index contributed by atoms with van der Waals surface area (Å²) in [5.41, 5.74) is 1.13. The highest BCUT2D eigenvalue weighted by atomic mass is 32.2. The van der Waals surface area contributed by atoms with Crippen molar-refractivity contribution in [2.24, 2.45) is 5.92 Å². The van der Waals surface area contributed by atoms with Crippen LogP contribution in [0.4, 0.5) is 0 Å². The van der Waals surface area contributed by atoms with Gasteiger partial charge in [0.15, 0.2) is 0 Å². The second-order valence-corrected chi connectivity index (χ2v) is 10.6. The van der Waals surface area contributed by atoms with Crippen molar-refractivity contribution in [3.63, 3.8) is 0 Å². The molecule has 1 saturated heterocycles. The first-order valence-corrected chi connectivity index (χ1v) is 13.1. The SMILES string of the molecule is COc1ccc(OC[C@@H](C)NC(=O)[C@H]2CCCN(S(=O)(=O)CCCc3ccccc3)C2)cc1. The van der Waals surface area contributed by atoms with Crippen molar-refractivity contribution in [2.45, 2.75) is 38.6 Å². The Kier molecular flexibility index (Phi) is 9.14. The standard InChI is InChI=1S/C25H34N2O5S/c1-20(19-32-24-14-12-23(31-2)13-15-24)26-25(28)22-11-6-16-27(18-22)33(29,30)17-7-10-21-8-4-3-5-9-21/h3-5,8-9,12-15,20,22H,6-7,10-11,16-19H2,1-2H3,(H,26,28)/t20-,22+/m1/s1. The van der Waals surface area contributed by atoms with E-state index in [1.165, 1.54) is 4.31 Å². The number of hydrogen-bond donors (Lipinski definition) is 1. The van der Waals surface area contributed by atoms with Gasteiger partial charge in [-0.1, -0.05) is 30.3 Å². The predicted octanol–water partition coefficient (Wildman–Crippen LogP) is 3.25. The quantitative estimate of drug-likeness (QED) is 0.540. The van der Waals surface area contributed by atoms with Crippen molar-refractivity contribution in [3.05, 3.63) is 60.2 Å². The number of hydrogen-bond acceptors (Lipinski definition) is 5. The van der Waals surface area contributed by atoms with Crippen LogP contribution in [0.15, 0.2) is 54.6 Å². The summed E-state index contributed by atoms with van der Waals surface area (Å²) < 4.78 is 38.0. The lowest BCUT2D eigenvalue weighted by atomic mass is 9.98. The lowest BCUT2D eigenvalue weighted by Gasteiger charge is -2.32. The van der Waals surface area contributed by atoms with Crippen molar-refractivity contribution in [2.75, 3.05) is 32.6 Å². The van der Waals surface area contributed by atoms with E-state index in [4.69, 9.17) is 9.47 Å². The molecule has 2 aromatic carbocycles. The molecule has 0 unspecified atom stereocenters. The minimum Gasteiger partial charge on any atom is -0.497 e. The lowest BCUT2D eigenvalue weighted by Crippen LogP contribution is -2.48. The summed E-state index contributed by atoms with van der Waals surface area (Å²) in [6.45, 7) is 2.92. The Morgan fingerprint density at radius 3 is 2.52 bits per heavy atom. The number of piperidine rings is 1. The molecule has 8 heteroatoms. The molecule has 7 nitrogen and oxygen atoms in total. The van der Waals surface area contributed by atoms with E-state index >= 15 is 0 Å². The lowest BCUT2D eigenvalue weighted by molar-refractivity contribution is -0.126. The number of sulfonamides is 1. The fraction of sp³-hybridized carbons (Fsp3) is 0.480. The first-order chi connectivity index (χ1) is 15.9. The maximum atomic E-state index is 12.8. The van der Waals surface area contributed by atoms with Crippen molar-refractivity contribution in [3.8, 4) is 11.5 Å². The highest BCUT2D eigenvalue weighted by Crippen LogP contribution is 2.21. The van der Waals surface area contributed by atoms with Gasteiger partial charge in [-0.2, -0.15) is 0 Å².